The number of unbranched alkanes of at least 4 members (excludes halogenated alkanes) is 9. The van der Waals surface area contributed by atoms with Gasteiger partial charge in [-0.2, -0.15) is 0 Å². The maximum Gasteiger partial charge on any atom is 0.0558 e. The Balaban J connectivity index is 0. The largest absolute Gasteiger partial charge is 0.395 e. The minimum Gasteiger partial charge on any atom is -0.395 e. The van der Waals surface area contributed by atoms with Crippen LogP contribution in [0.25, 0.3) is 0 Å². The van der Waals surface area contributed by atoms with Crippen LogP contribution < -0.4 is 0 Å². The summed E-state index contributed by atoms with van der Waals surface area (Å²) in [6, 6.07) is 0. The van der Waals surface area contributed by atoms with Crippen molar-refractivity contribution < 1.29 is 10.2 Å². The van der Waals surface area contributed by atoms with Crippen LogP contribution >= 0.6 is 15.9 Å². The molecule has 0 aromatic carbocycles. The van der Waals surface area contributed by atoms with Crippen molar-refractivity contribution in [2.75, 3.05) is 38.7 Å². The molecule has 0 bridgehead atoms. The number of aliphatic hydroxyl groups excluding tert-OH is 2. The molecule has 0 spiro atoms. The highest BCUT2D eigenvalue weighted by molar-refractivity contribution is 9.09. The zero-order valence-electron chi connectivity index (χ0n) is 14.3. The van der Waals surface area contributed by atoms with Gasteiger partial charge in [0.2, 0.25) is 0 Å². The van der Waals surface area contributed by atoms with E-state index in [1.54, 1.807) is 0 Å². The van der Waals surface area contributed by atoms with Crippen LogP contribution in [0.15, 0.2) is 0 Å². The van der Waals surface area contributed by atoms with Crippen LogP contribution in [0.4, 0.5) is 0 Å². The van der Waals surface area contributed by atoms with E-state index in [4.69, 9.17) is 10.2 Å². The molecular formula is C17H38BrNO2. The van der Waals surface area contributed by atoms with E-state index >= 15 is 0 Å². The smallest absolute Gasteiger partial charge is 0.0558 e. The lowest BCUT2D eigenvalue weighted by Gasteiger charge is -2.11. The molecule has 0 radical (unpaired) electrons. The normalized spacial score (nSPS) is 10.6. The number of likely N-dealkylation sites (N-methyl/N-ethyl adjacent to an activating group) is 1. The number of hydrogen-bond acceptors (Lipinski definition) is 3. The molecule has 0 heterocycles. The van der Waals surface area contributed by atoms with Crippen molar-refractivity contribution in [3.05, 3.63) is 0 Å². The first-order chi connectivity index (χ1) is 10.2. The predicted octanol–water partition coefficient (Wildman–Crippen LogP) is 4.21. The van der Waals surface area contributed by atoms with Crippen molar-refractivity contribution in [3.8, 4) is 0 Å². The summed E-state index contributed by atoms with van der Waals surface area (Å²) in [5.74, 6) is 0. The number of hydrogen-bond donors (Lipinski definition) is 2. The Hall–Kier alpha value is 0.360. The topological polar surface area (TPSA) is 43.7 Å². The molecule has 0 aliphatic carbocycles. The third-order valence-corrected chi connectivity index (χ3v) is 4.01. The predicted molar refractivity (Wildman–Crippen MR) is 97.3 cm³/mol. The molecule has 21 heavy (non-hydrogen) atoms. The third kappa shape index (κ3) is 25.6. The van der Waals surface area contributed by atoms with Gasteiger partial charge < -0.3 is 15.1 Å². The Morgan fingerprint density at radius 2 is 1.10 bits per heavy atom. The second kappa shape index (κ2) is 22.6. The second-order valence-electron chi connectivity index (χ2n) is 5.62. The van der Waals surface area contributed by atoms with Crippen molar-refractivity contribution in [3.63, 3.8) is 0 Å². The highest BCUT2D eigenvalue weighted by Gasteiger charge is 1.92. The Morgan fingerprint density at radius 3 is 1.43 bits per heavy atom. The van der Waals surface area contributed by atoms with Crippen molar-refractivity contribution in [2.24, 2.45) is 0 Å². The molecule has 0 unspecified atom stereocenters. The van der Waals surface area contributed by atoms with Crippen LogP contribution in [0, 0.1) is 0 Å². The molecule has 0 atom stereocenters. The van der Waals surface area contributed by atoms with Gasteiger partial charge >= 0.3 is 0 Å². The van der Waals surface area contributed by atoms with E-state index in [2.05, 4.69) is 22.9 Å². The molecule has 0 fully saturated rings. The second-order valence-corrected chi connectivity index (χ2v) is 6.41. The van der Waals surface area contributed by atoms with Crippen LogP contribution in [-0.4, -0.2) is 53.8 Å². The van der Waals surface area contributed by atoms with Gasteiger partial charge in [0.15, 0.2) is 0 Å². The molecule has 4 heteroatoms. The van der Waals surface area contributed by atoms with E-state index in [1.165, 1.54) is 69.5 Å². The molecule has 0 aliphatic heterocycles. The summed E-state index contributed by atoms with van der Waals surface area (Å²) in [5.41, 5.74) is 0. The van der Waals surface area contributed by atoms with Crippen LogP contribution in [0.2, 0.25) is 0 Å². The van der Waals surface area contributed by atoms with Crippen molar-refractivity contribution >= 4 is 15.9 Å². The van der Waals surface area contributed by atoms with Gasteiger partial charge in [-0.15, -0.1) is 0 Å². The molecule has 0 saturated carbocycles. The zero-order chi connectivity index (χ0) is 16.2. The highest BCUT2D eigenvalue weighted by Crippen LogP contribution is 2.10. The number of rotatable bonds is 14. The van der Waals surface area contributed by atoms with E-state index in [-0.39, 0.29) is 13.2 Å². The lowest BCUT2D eigenvalue weighted by molar-refractivity contribution is 0.184. The number of alkyl halides is 1. The quantitative estimate of drug-likeness (QED) is 0.357. The average Bonchev–Trinajstić information content (AvgIpc) is 2.47. The zero-order valence-corrected chi connectivity index (χ0v) is 15.9. The minimum atomic E-state index is 0.163. The molecule has 2 N–H and O–H groups in total. The Morgan fingerprint density at radius 1 is 0.714 bits per heavy atom. The third-order valence-electron chi connectivity index (χ3n) is 3.45. The minimum absolute atomic E-state index is 0.163. The number of halogens is 1. The van der Waals surface area contributed by atoms with Gasteiger partial charge in [-0.25, -0.2) is 0 Å². The lowest BCUT2D eigenvalue weighted by atomic mass is 10.1. The Labute approximate surface area is 141 Å². The monoisotopic (exact) mass is 367 g/mol. The van der Waals surface area contributed by atoms with Gasteiger partial charge in [-0.05, 0) is 13.5 Å². The molecular weight excluding hydrogens is 330 g/mol. The summed E-state index contributed by atoms with van der Waals surface area (Å²) in [6.07, 6.45) is 14.3. The maximum atomic E-state index is 8.34. The Bertz CT molecular complexity index is 155. The van der Waals surface area contributed by atoms with Gasteiger partial charge in [-0.1, -0.05) is 80.6 Å². The SMILES string of the molecule is CCCCCCCCCCCCBr.CN(CCO)CCO. The molecule has 130 valence electrons. The van der Waals surface area contributed by atoms with Gasteiger partial charge in [-0.3, -0.25) is 0 Å². The summed E-state index contributed by atoms with van der Waals surface area (Å²) in [4.78, 5) is 1.86. The standard InChI is InChI=1S/C12H25Br.C5H13NO2/c1-2-3-4-5-6-7-8-9-10-11-12-13;1-6(2-4-7)3-5-8/h2-12H2,1H3;7-8H,2-5H2,1H3. The van der Waals surface area contributed by atoms with Gasteiger partial charge in [0.1, 0.15) is 0 Å². The van der Waals surface area contributed by atoms with E-state index in [1.807, 2.05) is 11.9 Å². The molecule has 0 aromatic heterocycles. The number of nitrogens with zero attached hydrogens (tertiary/aromatic N) is 1. The van der Waals surface area contributed by atoms with Crippen LogP contribution in [0.3, 0.4) is 0 Å². The summed E-state index contributed by atoms with van der Waals surface area (Å²) < 4.78 is 0. The molecule has 0 saturated heterocycles. The van der Waals surface area contributed by atoms with Gasteiger partial charge in [0.25, 0.3) is 0 Å². The fourth-order valence-corrected chi connectivity index (χ4v) is 2.43. The van der Waals surface area contributed by atoms with E-state index in [0.717, 1.165) is 0 Å². The van der Waals surface area contributed by atoms with E-state index in [0.29, 0.717) is 13.1 Å². The average molecular weight is 368 g/mol. The first kappa shape index (κ1) is 23.6. The Kier molecular flexibility index (Phi) is 25.5. The molecule has 3 nitrogen and oxygen atoms in total. The summed E-state index contributed by atoms with van der Waals surface area (Å²) >= 11 is 3.46. The molecule has 0 aromatic rings. The summed E-state index contributed by atoms with van der Waals surface area (Å²) in [7, 11) is 1.85. The van der Waals surface area contributed by atoms with Crippen LogP contribution in [-0.2, 0) is 0 Å². The van der Waals surface area contributed by atoms with Crippen LogP contribution in [0.5, 0.6) is 0 Å². The molecule has 0 aliphatic rings. The van der Waals surface area contributed by atoms with E-state index < -0.39 is 0 Å². The number of aliphatic hydroxyl groups is 2. The highest BCUT2D eigenvalue weighted by atomic mass is 79.9. The van der Waals surface area contributed by atoms with Gasteiger partial charge in [0, 0.05) is 18.4 Å². The fraction of sp³-hybridized carbons (Fsp3) is 1.00. The van der Waals surface area contributed by atoms with Crippen molar-refractivity contribution in [1.29, 1.82) is 0 Å². The van der Waals surface area contributed by atoms with Crippen molar-refractivity contribution in [2.45, 2.75) is 71.1 Å². The molecule has 0 amide bonds. The molecule has 0 rings (SSSR count). The summed E-state index contributed by atoms with van der Waals surface area (Å²) in [6.45, 7) is 3.88. The van der Waals surface area contributed by atoms with E-state index in [9.17, 15) is 0 Å². The van der Waals surface area contributed by atoms with Gasteiger partial charge in [0.05, 0.1) is 13.2 Å². The maximum absolute atomic E-state index is 8.34. The van der Waals surface area contributed by atoms with Crippen LogP contribution in [0.1, 0.15) is 71.1 Å². The fourth-order valence-electron chi connectivity index (χ4n) is 2.04. The first-order valence-electron chi connectivity index (χ1n) is 8.69. The first-order valence-corrected chi connectivity index (χ1v) is 9.81. The lowest BCUT2D eigenvalue weighted by Crippen LogP contribution is -2.25. The van der Waals surface area contributed by atoms with Crippen molar-refractivity contribution in [1.82, 2.24) is 4.90 Å². The summed E-state index contributed by atoms with van der Waals surface area (Å²) in [5, 5.41) is 17.9.